The molecule has 0 spiro atoms. The van der Waals surface area contributed by atoms with E-state index in [9.17, 15) is 4.79 Å². The van der Waals surface area contributed by atoms with Gasteiger partial charge in [0.05, 0.1) is 10.7 Å². The Labute approximate surface area is 101 Å². The molecule has 1 heterocycles. The highest BCUT2D eigenvalue weighted by Crippen LogP contribution is 2.25. The van der Waals surface area contributed by atoms with Gasteiger partial charge in [0.25, 0.3) is 0 Å². The van der Waals surface area contributed by atoms with E-state index in [0.29, 0.717) is 0 Å². The third kappa shape index (κ3) is 3.93. The van der Waals surface area contributed by atoms with Gasteiger partial charge in [-0.15, -0.1) is 11.3 Å². The molecule has 0 amide bonds. The van der Waals surface area contributed by atoms with Crippen LogP contribution >= 0.6 is 11.3 Å². The number of hydrogen-bond acceptors (Lipinski definition) is 3. The first-order valence-electron chi connectivity index (χ1n) is 5.45. The summed E-state index contributed by atoms with van der Waals surface area (Å²) in [4.78, 5) is 15.1. The molecule has 1 unspecified atom stereocenters. The summed E-state index contributed by atoms with van der Waals surface area (Å²) in [6, 6.07) is 0. The minimum absolute atomic E-state index is 0.0742. The van der Waals surface area contributed by atoms with Crippen molar-refractivity contribution in [2.45, 2.75) is 46.0 Å². The van der Waals surface area contributed by atoms with Crippen LogP contribution < -0.4 is 0 Å². The molecule has 3 nitrogen and oxygen atoms in total. The minimum atomic E-state index is -0.736. The number of carboxylic acids is 1. The van der Waals surface area contributed by atoms with E-state index in [-0.39, 0.29) is 17.8 Å². The molecule has 0 bridgehead atoms. The van der Waals surface area contributed by atoms with Crippen LogP contribution in [0.3, 0.4) is 0 Å². The van der Waals surface area contributed by atoms with E-state index in [1.54, 1.807) is 11.3 Å². The smallest absolute Gasteiger partial charge is 0.303 e. The lowest BCUT2D eigenvalue weighted by Gasteiger charge is -2.14. The van der Waals surface area contributed by atoms with E-state index in [1.807, 2.05) is 6.92 Å². The molecule has 1 rings (SSSR count). The highest BCUT2D eigenvalue weighted by molar-refractivity contribution is 7.09. The molecule has 0 saturated heterocycles. The number of rotatable bonds is 4. The molecule has 4 heteroatoms. The molecule has 1 atom stereocenters. The van der Waals surface area contributed by atoms with Gasteiger partial charge >= 0.3 is 5.97 Å². The monoisotopic (exact) mass is 241 g/mol. The topological polar surface area (TPSA) is 50.2 Å². The molecular weight excluding hydrogens is 222 g/mol. The van der Waals surface area contributed by atoms with Gasteiger partial charge in [-0.25, -0.2) is 4.98 Å². The van der Waals surface area contributed by atoms with Crippen LogP contribution in [-0.2, 0) is 16.6 Å². The van der Waals surface area contributed by atoms with E-state index in [0.717, 1.165) is 17.1 Å². The molecule has 90 valence electrons. The Morgan fingerprint density at radius 2 is 2.19 bits per heavy atom. The van der Waals surface area contributed by atoms with Crippen LogP contribution in [0.5, 0.6) is 0 Å². The fourth-order valence-corrected chi connectivity index (χ4v) is 2.60. The van der Waals surface area contributed by atoms with Gasteiger partial charge in [0, 0.05) is 23.6 Å². The molecule has 0 radical (unpaired) electrons. The van der Waals surface area contributed by atoms with Crippen molar-refractivity contribution in [2.75, 3.05) is 0 Å². The zero-order valence-electron chi connectivity index (χ0n) is 10.3. The lowest BCUT2D eigenvalue weighted by atomic mass is 9.93. The summed E-state index contributed by atoms with van der Waals surface area (Å²) in [5.74, 6) is -0.587. The van der Waals surface area contributed by atoms with Crippen LogP contribution in [0.25, 0.3) is 0 Å². The molecular formula is C12H19NO2S. The quantitative estimate of drug-likeness (QED) is 0.881. The molecule has 0 aliphatic carbocycles. The minimum Gasteiger partial charge on any atom is -0.481 e. The maximum atomic E-state index is 10.5. The van der Waals surface area contributed by atoms with Crippen molar-refractivity contribution in [3.05, 3.63) is 16.1 Å². The Balaban J connectivity index is 2.62. The predicted molar refractivity (Wildman–Crippen MR) is 65.9 cm³/mol. The summed E-state index contributed by atoms with van der Waals surface area (Å²) in [6.07, 6.45) is 0.970. The summed E-state index contributed by atoms with van der Waals surface area (Å²) in [7, 11) is 0. The van der Waals surface area contributed by atoms with E-state index < -0.39 is 5.97 Å². The number of carbonyl (C=O) groups is 1. The van der Waals surface area contributed by atoms with Gasteiger partial charge < -0.3 is 5.11 Å². The number of aliphatic carboxylic acids is 1. The first-order valence-corrected chi connectivity index (χ1v) is 6.33. The zero-order valence-corrected chi connectivity index (χ0v) is 11.1. The zero-order chi connectivity index (χ0) is 12.3. The van der Waals surface area contributed by atoms with Crippen LogP contribution in [0.1, 0.15) is 44.8 Å². The largest absolute Gasteiger partial charge is 0.481 e. The van der Waals surface area contributed by atoms with E-state index in [1.165, 1.54) is 0 Å². The van der Waals surface area contributed by atoms with Crippen molar-refractivity contribution < 1.29 is 9.90 Å². The van der Waals surface area contributed by atoms with E-state index >= 15 is 0 Å². The summed E-state index contributed by atoms with van der Waals surface area (Å²) in [5.41, 5.74) is 1.17. The number of thiazole rings is 1. The average Bonchev–Trinajstić information content (AvgIpc) is 2.49. The van der Waals surface area contributed by atoms with Crippen molar-refractivity contribution in [1.82, 2.24) is 4.98 Å². The second-order valence-corrected chi connectivity index (χ2v) is 6.23. The van der Waals surface area contributed by atoms with Crippen molar-refractivity contribution in [3.8, 4) is 0 Å². The first kappa shape index (κ1) is 13.2. The summed E-state index contributed by atoms with van der Waals surface area (Å²) in [6.45, 7) is 8.35. The molecule has 0 fully saturated rings. The van der Waals surface area contributed by atoms with Gasteiger partial charge in [-0.3, -0.25) is 4.79 Å². The summed E-state index contributed by atoms with van der Waals surface area (Å²) < 4.78 is 0. The van der Waals surface area contributed by atoms with Crippen molar-refractivity contribution in [1.29, 1.82) is 0 Å². The van der Waals surface area contributed by atoms with Crippen LogP contribution in [0.2, 0.25) is 0 Å². The van der Waals surface area contributed by atoms with Gasteiger partial charge in [0.15, 0.2) is 0 Å². The summed E-state index contributed by atoms with van der Waals surface area (Å²) >= 11 is 1.63. The first-order chi connectivity index (χ1) is 7.29. The summed E-state index contributed by atoms with van der Waals surface area (Å²) in [5, 5.41) is 11.8. The molecule has 1 aromatic rings. The Hall–Kier alpha value is -0.900. The molecule has 1 N–H and O–H groups in total. The van der Waals surface area contributed by atoms with Gasteiger partial charge in [-0.05, 0) is 5.92 Å². The Bertz CT molecular complexity index is 365. The average molecular weight is 241 g/mol. The number of hydrogen-bond donors (Lipinski definition) is 1. The molecule has 0 aliphatic heterocycles. The highest BCUT2D eigenvalue weighted by atomic mass is 32.1. The maximum absolute atomic E-state index is 10.5. The van der Waals surface area contributed by atoms with Gasteiger partial charge in [0.1, 0.15) is 0 Å². The fourth-order valence-electron chi connectivity index (χ4n) is 1.42. The SMILES string of the molecule is CC(CC(=O)O)Cc1nc(C(C)(C)C)cs1. The molecule has 16 heavy (non-hydrogen) atoms. The second kappa shape index (κ2) is 4.95. The van der Waals surface area contributed by atoms with Crippen molar-refractivity contribution in [3.63, 3.8) is 0 Å². The Kier molecular flexibility index (Phi) is 4.08. The third-order valence-electron chi connectivity index (χ3n) is 2.37. The normalized spacial score (nSPS) is 13.8. The molecule has 0 aromatic carbocycles. The number of nitrogens with zero attached hydrogens (tertiary/aromatic N) is 1. The lowest BCUT2D eigenvalue weighted by molar-refractivity contribution is -0.137. The Morgan fingerprint density at radius 1 is 1.56 bits per heavy atom. The lowest BCUT2D eigenvalue weighted by Crippen LogP contribution is -2.12. The van der Waals surface area contributed by atoms with Crippen LogP contribution in [-0.4, -0.2) is 16.1 Å². The van der Waals surface area contributed by atoms with Gasteiger partial charge in [-0.2, -0.15) is 0 Å². The standard InChI is InChI=1S/C12H19NO2S/c1-8(6-11(14)15)5-10-13-9(7-16-10)12(2,3)4/h7-8H,5-6H2,1-4H3,(H,14,15). The van der Waals surface area contributed by atoms with Crippen LogP contribution in [0.4, 0.5) is 0 Å². The number of aromatic nitrogens is 1. The van der Waals surface area contributed by atoms with Crippen molar-refractivity contribution >= 4 is 17.3 Å². The predicted octanol–water partition coefficient (Wildman–Crippen LogP) is 3.09. The van der Waals surface area contributed by atoms with Gasteiger partial charge in [-0.1, -0.05) is 27.7 Å². The molecule has 0 aliphatic rings. The van der Waals surface area contributed by atoms with Crippen LogP contribution in [0, 0.1) is 5.92 Å². The van der Waals surface area contributed by atoms with Crippen LogP contribution in [0.15, 0.2) is 5.38 Å². The molecule has 1 aromatic heterocycles. The van der Waals surface area contributed by atoms with E-state index in [2.05, 4.69) is 31.1 Å². The third-order valence-corrected chi connectivity index (χ3v) is 3.24. The number of carboxylic acid groups (broad SMARTS) is 1. The highest BCUT2D eigenvalue weighted by Gasteiger charge is 2.18. The maximum Gasteiger partial charge on any atom is 0.303 e. The second-order valence-electron chi connectivity index (χ2n) is 5.28. The Morgan fingerprint density at radius 3 is 2.62 bits per heavy atom. The van der Waals surface area contributed by atoms with E-state index in [4.69, 9.17) is 5.11 Å². The van der Waals surface area contributed by atoms with Gasteiger partial charge in [0.2, 0.25) is 0 Å². The fraction of sp³-hybridized carbons (Fsp3) is 0.667. The van der Waals surface area contributed by atoms with Crippen molar-refractivity contribution in [2.24, 2.45) is 5.92 Å². The molecule has 0 saturated carbocycles.